The number of allylic oxidation sites excluding steroid dienone is 1. The molecule has 0 aromatic heterocycles. The molecule has 0 aliphatic rings. The molecule has 0 atom stereocenters. The molecule has 0 aliphatic carbocycles. The first-order valence-electron chi connectivity index (χ1n) is 2.04. The monoisotopic (exact) mass is 142 g/mol. The van der Waals surface area contributed by atoms with Gasteiger partial charge in [-0.1, -0.05) is 6.08 Å². The summed E-state index contributed by atoms with van der Waals surface area (Å²) in [7, 11) is 0. The number of carbonyl (C=O) groups is 1. The van der Waals surface area contributed by atoms with Gasteiger partial charge in [0.05, 0.1) is 0 Å². The van der Waals surface area contributed by atoms with E-state index in [4.69, 9.17) is 5.11 Å². The summed E-state index contributed by atoms with van der Waals surface area (Å²) in [5, 5.41) is 8.11. The molecule has 0 saturated heterocycles. The number of carboxylic acid groups (broad SMARTS) is 1. The van der Waals surface area contributed by atoms with Gasteiger partial charge in [0.2, 0.25) is 0 Å². The molecular formula is C5H10CaO2. The van der Waals surface area contributed by atoms with Crippen molar-refractivity contribution >= 4 is 43.7 Å². The molecule has 0 aromatic carbocycles. The van der Waals surface area contributed by atoms with Gasteiger partial charge in [-0.2, -0.15) is 0 Å². The maximum absolute atomic E-state index is 9.86. The van der Waals surface area contributed by atoms with E-state index < -0.39 is 5.97 Å². The normalized spacial score (nSPS) is 10.0. The van der Waals surface area contributed by atoms with Crippen molar-refractivity contribution in [2.24, 2.45) is 0 Å². The summed E-state index contributed by atoms with van der Waals surface area (Å²) in [5.41, 5.74) is 0.389. The average Bonchev–Trinajstić information content (AvgIpc) is 1.65. The molecule has 0 fully saturated rings. The summed E-state index contributed by atoms with van der Waals surface area (Å²) in [6.45, 7) is 3.26. The molecule has 0 spiro atoms. The Hall–Kier alpha value is 0.470. The first kappa shape index (κ1) is 11.3. The molecule has 1 N–H and O–H groups in total. The van der Waals surface area contributed by atoms with Crippen LogP contribution in [0.15, 0.2) is 11.6 Å². The summed E-state index contributed by atoms with van der Waals surface area (Å²) in [6, 6.07) is 0. The Kier molecular flexibility index (Phi) is 7.91. The van der Waals surface area contributed by atoms with Crippen LogP contribution in [0, 0.1) is 0 Å². The summed E-state index contributed by atoms with van der Waals surface area (Å²) in [5.74, 6) is -0.845. The zero-order chi connectivity index (χ0) is 5.86. The third kappa shape index (κ3) is 4.62. The van der Waals surface area contributed by atoms with Gasteiger partial charge in [-0.05, 0) is 13.8 Å². The number of rotatable bonds is 1. The first-order chi connectivity index (χ1) is 3.18. The van der Waals surface area contributed by atoms with E-state index in [9.17, 15) is 4.79 Å². The average molecular weight is 142 g/mol. The first-order valence-corrected chi connectivity index (χ1v) is 2.04. The third-order valence-electron chi connectivity index (χ3n) is 0.770. The molecule has 0 heterocycles. The zero-order valence-electron chi connectivity index (χ0n) is 4.43. The van der Waals surface area contributed by atoms with E-state index in [1.165, 1.54) is 0 Å². The Labute approximate surface area is 78.6 Å². The Morgan fingerprint density at radius 2 is 2.00 bits per heavy atom. The van der Waals surface area contributed by atoms with Crippen LogP contribution in [0.1, 0.15) is 13.8 Å². The van der Waals surface area contributed by atoms with E-state index in [0.717, 1.165) is 0 Å². The number of aliphatic carboxylic acids is 1. The van der Waals surface area contributed by atoms with E-state index >= 15 is 0 Å². The van der Waals surface area contributed by atoms with Gasteiger partial charge in [0.25, 0.3) is 0 Å². The van der Waals surface area contributed by atoms with Crippen LogP contribution in [-0.4, -0.2) is 48.8 Å². The molecular weight excluding hydrogens is 132 g/mol. The molecule has 0 rings (SSSR count). The molecule has 44 valence electrons. The standard InChI is InChI=1S/C5H8O2.Ca.2H/c1-3-4(2)5(6)7;;;/h3H,1-2H3,(H,6,7);;;. The minimum atomic E-state index is -0.845. The topological polar surface area (TPSA) is 37.3 Å². The second-order valence-electron chi connectivity index (χ2n) is 1.28. The van der Waals surface area contributed by atoms with Crippen LogP contribution in [0.25, 0.3) is 0 Å². The van der Waals surface area contributed by atoms with E-state index in [1.54, 1.807) is 19.9 Å². The Morgan fingerprint density at radius 1 is 1.62 bits per heavy atom. The van der Waals surface area contributed by atoms with Gasteiger partial charge in [-0.25, -0.2) is 4.79 Å². The van der Waals surface area contributed by atoms with E-state index in [2.05, 4.69) is 0 Å². The van der Waals surface area contributed by atoms with Gasteiger partial charge in [0.1, 0.15) is 0 Å². The Balaban J connectivity index is 0. The Morgan fingerprint density at radius 3 is 2.00 bits per heavy atom. The molecule has 3 heteroatoms. The summed E-state index contributed by atoms with van der Waals surface area (Å²) < 4.78 is 0. The predicted molar refractivity (Wildman–Crippen MR) is 35.6 cm³/mol. The van der Waals surface area contributed by atoms with E-state index in [0.29, 0.717) is 5.57 Å². The third-order valence-corrected chi connectivity index (χ3v) is 0.770. The van der Waals surface area contributed by atoms with Crippen molar-refractivity contribution in [2.75, 3.05) is 0 Å². The SMILES string of the molecule is CC=C(C)C(=O)O.[CaH2]. The number of hydrogen-bond acceptors (Lipinski definition) is 1. The van der Waals surface area contributed by atoms with Crippen molar-refractivity contribution in [1.82, 2.24) is 0 Å². The van der Waals surface area contributed by atoms with Gasteiger partial charge in [0, 0.05) is 5.57 Å². The maximum atomic E-state index is 9.86. The van der Waals surface area contributed by atoms with Crippen LogP contribution in [0.5, 0.6) is 0 Å². The van der Waals surface area contributed by atoms with E-state index in [1.807, 2.05) is 0 Å². The number of carboxylic acids is 1. The second kappa shape index (κ2) is 5.60. The summed E-state index contributed by atoms with van der Waals surface area (Å²) in [6.07, 6.45) is 1.56. The molecule has 0 radical (unpaired) electrons. The summed E-state index contributed by atoms with van der Waals surface area (Å²) >= 11 is 0. The zero-order valence-corrected chi connectivity index (χ0v) is 4.43. The molecule has 0 saturated carbocycles. The molecule has 0 bridgehead atoms. The quantitative estimate of drug-likeness (QED) is 0.417. The summed E-state index contributed by atoms with van der Waals surface area (Å²) in [4.78, 5) is 9.86. The Bertz CT molecular complexity index is 107. The molecule has 0 amide bonds. The van der Waals surface area contributed by atoms with Crippen LogP contribution < -0.4 is 0 Å². The minimum absolute atomic E-state index is 0. The van der Waals surface area contributed by atoms with Gasteiger partial charge in [-0.15, -0.1) is 0 Å². The van der Waals surface area contributed by atoms with Gasteiger partial charge in [0.15, 0.2) is 0 Å². The van der Waals surface area contributed by atoms with Gasteiger partial charge >= 0.3 is 43.7 Å². The fourth-order valence-electron chi connectivity index (χ4n) is 0.123. The van der Waals surface area contributed by atoms with E-state index in [-0.39, 0.29) is 37.7 Å². The fraction of sp³-hybridized carbons (Fsp3) is 0.400. The van der Waals surface area contributed by atoms with Crippen LogP contribution >= 0.6 is 0 Å². The second-order valence-corrected chi connectivity index (χ2v) is 1.28. The van der Waals surface area contributed by atoms with Crippen LogP contribution in [-0.2, 0) is 4.79 Å². The predicted octanol–water partition coefficient (Wildman–Crippen LogP) is 0.121. The van der Waals surface area contributed by atoms with Crippen molar-refractivity contribution in [3.63, 3.8) is 0 Å². The molecule has 2 nitrogen and oxygen atoms in total. The molecule has 0 unspecified atom stereocenters. The van der Waals surface area contributed by atoms with Crippen LogP contribution in [0.2, 0.25) is 0 Å². The van der Waals surface area contributed by atoms with Crippen molar-refractivity contribution in [2.45, 2.75) is 13.8 Å². The van der Waals surface area contributed by atoms with Crippen LogP contribution in [0.4, 0.5) is 0 Å². The van der Waals surface area contributed by atoms with Gasteiger partial charge < -0.3 is 5.11 Å². The number of hydrogen-bond donors (Lipinski definition) is 1. The molecule has 0 aromatic rings. The van der Waals surface area contributed by atoms with Crippen molar-refractivity contribution in [1.29, 1.82) is 0 Å². The van der Waals surface area contributed by atoms with Crippen LogP contribution in [0.3, 0.4) is 0 Å². The molecule has 0 aliphatic heterocycles. The van der Waals surface area contributed by atoms with Crippen molar-refractivity contribution < 1.29 is 9.90 Å². The van der Waals surface area contributed by atoms with Crippen molar-refractivity contribution in [3.8, 4) is 0 Å². The van der Waals surface area contributed by atoms with Crippen molar-refractivity contribution in [3.05, 3.63) is 11.6 Å². The molecule has 8 heavy (non-hydrogen) atoms. The van der Waals surface area contributed by atoms with Gasteiger partial charge in [-0.3, -0.25) is 0 Å². The fourth-order valence-corrected chi connectivity index (χ4v) is 0.123.